The SMILES string of the molecule is COc1cc(C=C2Oc3cc(OCC(=O)Nc4cccc(C)c4C)ccc3C2=O)cc(OC)c1OC. The van der Waals surface area contributed by atoms with E-state index >= 15 is 0 Å². The molecule has 1 amide bonds. The topological polar surface area (TPSA) is 92.3 Å². The molecule has 3 aromatic rings. The number of methoxy groups -OCH3 is 3. The van der Waals surface area contributed by atoms with Gasteiger partial charge in [-0.05, 0) is 66.9 Å². The minimum Gasteiger partial charge on any atom is -0.493 e. The van der Waals surface area contributed by atoms with Crippen LogP contribution in [0.5, 0.6) is 28.7 Å². The van der Waals surface area contributed by atoms with Crippen molar-refractivity contribution in [2.75, 3.05) is 33.3 Å². The second-order valence-electron chi connectivity index (χ2n) is 8.14. The van der Waals surface area contributed by atoms with Gasteiger partial charge < -0.3 is 29.0 Å². The summed E-state index contributed by atoms with van der Waals surface area (Å²) in [5.41, 5.74) is 3.88. The fourth-order valence-corrected chi connectivity index (χ4v) is 3.81. The van der Waals surface area contributed by atoms with Gasteiger partial charge in [-0.2, -0.15) is 0 Å². The molecule has 8 heteroatoms. The Bertz CT molecular complexity index is 1330. The van der Waals surface area contributed by atoms with Gasteiger partial charge in [-0.3, -0.25) is 9.59 Å². The summed E-state index contributed by atoms with van der Waals surface area (Å²) >= 11 is 0. The number of Topliss-reactive ketones (excluding diaryl/α,β-unsaturated/α-hetero) is 1. The molecule has 0 unspecified atom stereocenters. The first kappa shape index (κ1) is 24.7. The molecule has 36 heavy (non-hydrogen) atoms. The molecule has 0 atom stereocenters. The zero-order chi connectivity index (χ0) is 25.8. The van der Waals surface area contributed by atoms with E-state index in [0.717, 1.165) is 16.8 Å². The number of nitrogens with one attached hydrogen (secondary N) is 1. The summed E-state index contributed by atoms with van der Waals surface area (Å²) in [6.45, 7) is 3.75. The van der Waals surface area contributed by atoms with Crippen molar-refractivity contribution < 1.29 is 33.3 Å². The van der Waals surface area contributed by atoms with Crippen molar-refractivity contribution in [1.82, 2.24) is 0 Å². The van der Waals surface area contributed by atoms with E-state index in [1.54, 1.807) is 36.4 Å². The third-order valence-corrected chi connectivity index (χ3v) is 5.87. The Morgan fingerprint density at radius 2 is 1.69 bits per heavy atom. The summed E-state index contributed by atoms with van der Waals surface area (Å²) in [7, 11) is 4.56. The maximum Gasteiger partial charge on any atom is 0.262 e. The molecule has 1 aliphatic heterocycles. The third-order valence-electron chi connectivity index (χ3n) is 5.87. The lowest BCUT2D eigenvalue weighted by molar-refractivity contribution is -0.118. The van der Waals surface area contributed by atoms with E-state index in [9.17, 15) is 9.59 Å². The Morgan fingerprint density at radius 1 is 0.972 bits per heavy atom. The Labute approximate surface area is 209 Å². The van der Waals surface area contributed by atoms with Crippen LogP contribution in [-0.4, -0.2) is 39.6 Å². The predicted octanol–water partition coefficient (Wildman–Crippen LogP) is 4.96. The van der Waals surface area contributed by atoms with Crippen LogP contribution >= 0.6 is 0 Å². The van der Waals surface area contributed by atoms with E-state index in [2.05, 4.69) is 5.32 Å². The first-order chi connectivity index (χ1) is 17.3. The van der Waals surface area contributed by atoms with Crippen LogP contribution in [0.15, 0.2) is 54.3 Å². The van der Waals surface area contributed by atoms with E-state index in [0.29, 0.717) is 39.9 Å². The number of ether oxygens (including phenoxy) is 5. The highest BCUT2D eigenvalue weighted by molar-refractivity contribution is 6.14. The molecule has 0 fully saturated rings. The van der Waals surface area contributed by atoms with Crippen LogP contribution in [0.2, 0.25) is 0 Å². The van der Waals surface area contributed by atoms with Crippen molar-refractivity contribution in [1.29, 1.82) is 0 Å². The van der Waals surface area contributed by atoms with Gasteiger partial charge in [0.15, 0.2) is 23.9 Å². The molecular weight excluding hydrogens is 462 g/mol. The average Bonchev–Trinajstić information content (AvgIpc) is 3.19. The van der Waals surface area contributed by atoms with E-state index in [1.165, 1.54) is 21.3 Å². The number of rotatable bonds is 8. The fourth-order valence-electron chi connectivity index (χ4n) is 3.81. The summed E-state index contributed by atoms with van der Waals surface area (Å²) < 4.78 is 27.5. The molecule has 0 bridgehead atoms. The molecule has 0 spiro atoms. The highest BCUT2D eigenvalue weighted by Gasteiger charge is 2.28. The summed E-state index contributed by atoms with van der Waals surface area (Å²) in [6, 6.07) is 14.0. The van der Waals surface area contributed by atoms with Gasteiger partial charge in [0, 0.05) is 11.8 Å². The van der Waals surface area contributed by atoms with Gasteiger partial charge >= 0.3 is 0 Å². The molecule has 1 heterocycles. The van der Waals surface area contributed by atoms with E-state index < -0.39 is 0 Å². The van der Waals surface area contributed by atoms with Crippen molar-refractivity contribution >= 4 is 23.5 Å². The minimum atomic E-state index is -0.288. The number of carbonyl (C=O) groups is 2. The maximum atomic E-state index is 12.9. The lowest BCUT2D eigenvalue weighted by Gasteiger charge is -2.13. The molecule has 1 N–H and O–H groups in total. The second kappa shape index (κ2) is 10.4. The van der Waals surface area contributed by atoms with Crippen LogP contribution in [-0.2, 0) is 4.79 Å². The molecule has 3 aromatic carbocycles. The molecule has 1 aliphatic rings. The Kier molecular flexibility index (Phi) is 7.15. The van der Waals surface area contributed by atoms with Crippen LogP contribution in [0.25, 0.3) is 6.08 Å². The van der Waals surface area contributed by atoms with E-state index in [1.807, 2.05) is 32.0 Å². The van der Waals surface area contributed by atoms with E-state index in [4.69, 9.17) is 23.7 Å². The molecule has 0 aromatic heterocycles. The van der Waals surface area contributed by atoms with Gasteiger partial charge in [-0.25, -0.2) is 0 Å². The molecule has 186 valence electrons. The van der Waals surface area contributed by atoms with Crippen LogP contribution in [0.3, 0.4) is 0 Å². The van der Waals surface area contributed by atoms with Crippen LogP contribution in [0.1, 0.15) is 27.0 Å². The van der Waals surface area contributed by atoms with Crippen molar-refractivity contribution in [3.05, 3.63) is 76.5 Å². The van der Waals surface area contributed by atoms with Gasteiger partial charge in [-0.15, -0.1) is 0 Å². The average molecular weight is 490 g/mol. The Hall–Kier alpha value is -4.46. The van der Waals surface area contributed by atoms with Crippen molar-refractivity contribution in [2.24, 2.45) is 0 Å². The number of aryl methyl sites for hydroxylation is 1. The number of fused-ring (bicyclic) bond motifs is 1. The first-order valence-corrected chi connectivity index (χ1v) is 11.2. The monoisotopic (exact) mass is 489 g/mol. The summed E-state index contributed by atoms with van der Waals surface area (Å²) in [6.07, 6.45) is 1.60. The van der Waals surface area contributed by atoms with Crippen molar-refractivity contribution in [3.8, 4) is 28.7 Å². The van der Waals surface area contributed by atoms with Crippen LogP contribution in [0.4, 0.5) is 5.69 Å². The fraction of sp³-hybridized carbons (Fsp3) is 0.214. The summed E-state index contributed by atoms with van der Waals surface area (Å²) in [5.74, 6) is 1.72. The zero-order valence-electron chi connectivity index (χ0n) is 20.8. The number of benzene rings is 3. The third kappa shape index (κ3) is 4.98. The quantitative estimate of drug-likeness (QED) is 0.447. The molecular formula is C28H27NO7. The molecule has 0 saturated heterocycles. The number of amides is 1. The summed E-state index contributed by atoms with van der Waals surface area (Å²) in [4.78, 5) is 25.3. The standard InChI is InChI=1S/C28H27NO7/c1-16-7-6-8-21(17(16)2)29-26(30)15-35-19-9-10-20-22(14-19)36-23(27(20)31)11-18-12-24(32-3)28(34-5)25(13-18)33-4/h6-14H,15H2,1-5H3,(H,29,30). The van der Waals surface area contributed by atoms with Gasteiger partial charge in [0.2, 0.25) is 11.5 Å². The number of allylic oxidation sites excluding steroid dienone is 1. The number of anilines is 1. The lowest BCUT2D eigenvalue weighted by atomic mass is 10.1. The number of hydrogen-bond acceptors (Lipinski definition) is 7. The number of carbonyl (C=O) groups excluding carboxylic acids is 2. The zero-order valence-corrected chi connectivity index (χ0v) is 20.8. The number of hydrogen-bond donors (Lipinski definition) is 1. The first-order valence-electron chi connectivity index (χ1n) is 11.2. The van der Waals surface area contributed by atoms with Gasteiger partial charge in [-0.1, -0.05) is 12.1 Å². The Balaban J connectivity index is 1.47. The minimum absolute atomic E-state index is 0.143. The molecule has 8 nitrogen and oxygen atoms in total. The highest BCUT2D eigenvalue weighted by Crippen LogP contribution is 2.40. The molecule has 4 rings (SSSR count). The normalized spacial score (nSPS) is 13.1. The lowest BCUT2D eigenvalue weighted by Crippen LogP contribution is -2.20. The second-order valence-corrected chi connectivity index (χ2v) is 8.14. The van der Waals surface area contributed by atoms with Crippen LogP contribution < -0.4 is 29.0 Å². The van der Waals surface area contributed by atoms with Gasteiger partial charge in [0.25, 0.3) is 5.91 Å². The smallest absolute Gasteiger partial charge is 0.262 e. The maximum absolute atomic E-state index is 12.9. The number of ketones is 1. The molecule has 0 aliphatic carbocycles. The van der Waals surface area contributed by atoms with E-state index in [-0.39, 0.29) is 24.1 Å². The van der Waals surface area contributed by atoms with Gasteiger partial charge in [0.05, 0.1) is 26.9 Å². The Morgan fingerprint density at radius 3 is 2.36 bits per heavy atom. The van der Waals surface area contributed by atoms with Crippen LogP contribution in [0, 0.1) is 13.8 Å². The summed E-state index contributed by atoms with van der Waals surface area (Å²) in [5, 5.41) is 2.85. The van der Waals surface area contributed by atoms with Gasteiger partial charge in [0.1, 0.15) is 11.5 Å². The largest absolute Gasteiger partial charge is 0.493 e. The van der Waals surface area contributed by atoms with Crippen molar-refractivity contribution in [3.63, 3.8) is 0 Å². The van der Waals surface area contributed by atoms with Crippen molar-refractivity contribution in [2.45, 2.75) is 13.8 Å². The highest BCUT2D eigenvalue weighted by atomic mass is 16.5. The molecule has 0 saturated carbocycles. The predicted molar refractivity (Wildman–Crippen MR) is 136 cm³/mol. The molecule has 0 radical (unpaired) electrons.